The molecular weight excluding hydrogens is 420 g/mol. The van der Waals surface area contributed by atoms with Crippen molar-refractivity contribution in [3.8, 4) is 6.07 Å². The molecule has 1 spiro atoms. The number of nitriles is 1. The number of carbonyl (C=O) groups excluding carboxylic acids is 1. The molecule has 1 aromatic heterocycles. The zero-order chi connectivity index (χ0) is 19.4. The number of aromatic nitrogens is 1. The second-order valence-corrected chi connectivity index (χ2v) is 9.56. The molecule has 2 saturated heterocycles. The lowest BCUT2D eigenvalue weighted by Crippen LogP contribution is -2.65. The van der Waals surface area contributed by atoms with Crippen molar-refractivity contribution >= 4 is 27.5 Å². The van der Waals surface area contributed by atoms with Crippen LogP contribution in [0.1, 0.15) is 50.6 Å². The number of amides is 1. The highest BCUT2D eigenvalue weighted by atomic mass is 79.9. The van der Waals surface area contributed by atoms with Crippen molar-refractivity contribution in [2.45, 2.75) is 61.9 Å². The van der Waals surface area contributed by atoms with Gasteiger partial charge in [-0.05, 0) is 60.8 Å². The minimum atomic E-state index is -0.551. The van der Waals surface area contributed by atoms with Crippen LogP contribution in [0.25, 0.3) is 0 Å². The summed E-state index contributed by atoms with van der Waals surface area (Å²) in [5.41, 5.74) is 0.869. The van der Waals surface area contributed by atoms with Crippen molar-refractivity contribution in [1.82, 2.24) is 9.88 Å². The van der Waals surface area contributed by atoms with E-state index in [-0.39, 0.29) is 11.9 Å². The molecule has 5 rings (SSSR count). The van der Waals surface area contributed by atoms with E-state index >= 15 is 0 Å². The van der Waals surface area contributed by atoms with Crippen LogP contribution in [0.5, 0.6) is 0 Å². The fourth-order valence-electron chi connectivity index (χ4n) is 5.60. The lowest BCUT2D eigenvalue weighted by Gasteiger charge is -2.53. The molecular formula is C21H25BrN4O2. The van der Waals surface area contributed by atoms with Crippen LogP contribution in [0.2, 0.25) is 0 Å². The van der Waals surface area contributed by atoms with Crippen molar-refractivity contribution in [3.05, 3.63) is 22.4 Å². The van der Waals surface area contributed by atoms with E-state index in [0.717, 1.165) is 41.8 Å². The zero-order valence-corrected chi connectivity index (χ0v) is 17.6. The Hall–Kier alpha value is -1.49. The van der Waals surface area contributed by atoms with Crippen LogP contribution in [-0.2, 0) is 14.9 Å². The van der Waals surface area contributed by atoms with E-state index in [2.05, 4.69) is 31.9 Å². The Morgan fingerprint density at radius 3 is 2.61 bits per heavy atom. The number of likely N-dealkylation sites (tertiary alicyclic amines) is 1. The maximum absolute atomic E-state index is 13.7. The summed E-state index contributed by atoms with van der Waals surface area (Å²) in [6.45, 7) is 3.19. The normalized spacial score (nSPS) is 32.1. The third kappa shape index (κ3) is 2.58. The number of carbonyl (C=O) groups is 1. The molecule has 0 N–H and O–H groups in total. The number of piperidine rings is 1. The molecule has 1 aliphatic carbocycles. The number of halogens is 1. The first kappa shape index (κ1) is 18.5. The van der Waals surface area contributed by atoms with Crippen LogP contribution in [0.4, 0.5) is 5.69 Å². The molecule has 4 aliphatic rings. The van der Waals surface area contributed by atoms with Crippen molar-refractivity contribution in [3.63, 3.8) is 0 Å². The first-order valence-corrected chi connectivity index (χ1v) is 11.1. The molecule has 148 valence electrons. The Morgan fingerprint density at radius 1 is 1.21 bits per heavy atom. The first-order chi connectivity index (χ1) is 13.6. The molecule has 0 atom stereocenters. The Morgan fingerprint density at radius 2 is 1.93 bits per heavy atom. The van der Waals surface area contributed by atoms with E-state index in [9.17, 15) is 10.1 Å². The standard InChI is InChI=1S/C21H25BrN4O2/c22-15-10-17-18(24-13-15)21(4-8-28-9-5-21)19(27)26(17)16-11-20(12-16,14-23)25-6-2-1-3-7-25/h10,13,16H,1-9,11-12H2/t16-,20+. The number of rotatable bonds is 2. The third-order valence-electron chi connectivity index (χ3n) is 7.20. The summed E-state index contributed by atoms with van der Waals surface area (Å²) in [5.74, 6) is 0.159. The van der Waals surface area contributed by atoms with E-state index in [4.69, 9.17) is 4.74 Å². The fourth-order valence-corrected chi connectivity index (χ4v) is 5.92. The molecule has 0 bridgehead atoms. The molecule has 6 nitrogen and oxygen atoms in total. The first-order valence-electron chi connectivity index (χ1n) is 10.3. The molecule has 3 aliphatic heterocycles. The molecule has 28 heavy (non-hydrogen) atoms. The SMILES string of the molecule is N#C[C@]1(N2CCCCC2)C[C@@H](N2C(=O)C3(CCOCC3)c3ncc(Br)cc32)C1. The average molecular weight is 445 g/mol. The maximum atomic E-state index is 13.7. The summed E-state index contributed by atoms with van der Waals surface area (Å²) in [7, 11) is 0. The predicted octanol–water partition coefficient (Wildman–Crippen LogP) is 3.15. The topological polar surface area (TPSA) is 69.5 Å². The molecule has 1 aromatic rings. The van der Waals surface area contributed by atoms with Crippen molar-refractivity contribution < 1.29 is 9.53 Å². The predicted molar refractivity (Wildman–Crippen MR) is 108 cm³/mol. The molecule has 3 fully saturated rings. The number of hydrogen-bond acceptors (Lipinski definition) is 5. The summed E-state index contributed by atoms with van der Waals surface area (Å²) in [5, 5.41) is 9.97. The molecule has 0 unspecified atom stereocenters. The summed E-state index contributed by atoms with van der Waals surface area (Å²) in [6, 6.07) is 4.70. The van der Waals surface area contributed by atoms with Gasteiger partial charge in [0.15, 0.2) is 0 Å². The van der Waals surface area contributed by atoms with Gasteiger partial charge in [0.1, 0.15) is 5.54 Å². The van der Waals surface area contributed by atoms with Gasteiger partial charge >= 0.3 is 0 Å². The summed E-state index contributed by atoms with van der Waals surface area (Å²) < 4.78 is 6.44. The molecule has 7 heteroatoms. The van der Waals surface area contributed by atoms with E-state index in [1.807, 2.05) is 11.0 Å². The van der Waals surface area contributed by atoms with E-state index in [0.29, 0.717) is 26.1 Å². The number of pyridine rings is 1. The van der Waals surface area contributed by atoms with Gasteiger partial charge in [-0.2, -0.15) is 5.26 Å². The highest BCUT2D eigenvalue weighted by Gasteiger charge is 2.59. The van der Waals surface area contributed by atoms with E-state index in [1.165, 1.54) is 19.3 Å². The van der Waals surface area contributed by atoms with Crippen LogP contribution in [0.15, 0.2) is 16.7 Å². The lowest BCUT2D eigenvalue weighted by atomic mass is 9.70. The molecule has 0 radical (unpaired) electrons. The van der Waals surface area contributed by atoms with Gasteiger partial charge in [-0.1, -0.05) is 6.42 Å². The second kappa shape index (κ2) is 6.79. The summed E-state index contributed by atoms with van der Waals surface area (Å²) >= 11 is 3.53. The van der Waals surface area contributed by atoms with Crippen LogP contribution in [-0.4, -0.2) is 53.7 Å². The molecule has 1 amide bonds. The van der Waals surface area contributed by atoms with Crippen molar-refractivity contribution in [1.29, 1.82) is 5.26 Å². The van der Waals surface area contributed by atoms with Gasteiger partial charge in [0.25, 0.3) is 0 Å². The van der Waals surface area contributed by atoms with Gasteiger partial charge in [0.2, 0.25) is 5.91 Å². The monoisotopic (exact) mass is 444 g/mol. The third-order valence-corrected chi connectivity index (χ3v) is 7.64. The smallest absolute Gasteiger partial charge is 0.239 e. The Balaban J connectivity index is 1.46. The fraction of sp³-hybridized carbons (Fsp3) is 0.667. The van der Waals surface area contributed by atoms with E-state index < -0.39 is 11.0 Å². The van der Waals surface area contributed by atoms with Gasteiger partial charge in [0.05, 0.1) is 22.9 Å². The van der Waals surface area contributed by atoms with Gasteiger partial charge in [-0.25, -0.2) is 0 Å². The quantitative estimate of drug-likeness (QED) is 0.700. The van der Waals surface area contributed by atoms with Crippen molar-refractivity contribution in [2.24, 2.45) is 0 Å². The Labute approximate surface area is 174 Å². The number of anilines is 1. The van der Waals surface area contributed by atoms with Crippen LogP contribution in [0, 0.1) is 11.3 Å². The Kier molecular flexibility index (Phi) is 4.49. The summed E-state index contributed by atoms with van der Waals surface area (Å²) in [4.78, 5) is 22.7. The molecule has 4 heterocycles. The number of ether oxygens (including phenoxy) is 1. The number of hydrogen-bond donors (Lipinski definition) is 0. The molecule has 0 aromatic carbocycles. The minimum Gasteiger partial charge on any atom is -0.381 e. The van der Waals surface area contributed by atoms with Gasteiger partial charge in [-0.15, -0.1) is 0 Å². The maximum Gasteiger partial charge on any atom is 0.239 e. The zero-order valence-electron chi connectivity index (χ0n) is 16.0. The second-order valence-electron chi connectivity index (χ2n) is 8.64. The lowest BCUT2D eigenvalue weighted by molar-refractivity contribution is -0.128. The number of nitrogens with zero attached hydrogens (tertiary/aromatic N) is 4. The van der Waals surface area contributed by atoms with Gasteiger partial charge in [-0.3, -0.25) is 14.7 Å². The average Bonchev–Trinajstić information content (AvgIpc) is 2.91. The van der Waals surface area contributed by atoms with E-state index in [1.54, 1.807) is 6.20 Å². The summed E-state index contributed by atoms with van der Waals surface area (Å²) in [6.07, 6.45) is 8.21. The van der Waals surface area contributed by atoms with Crippen molar-refractivity contribution in [2.75, 3.05) is 31.2 Å². The minimum absolute atomic E-state index is 0.0751. The van der Waals surface area contributed by atoms with Crippen LogP contribution < -0.4 is 4.90 Å². The number of fused-ring (bicyclic) bond motifs is 2. The van der Waals surface area contributed by atoms with Crippen LogP contribution >= 0.6 is 15.9 Å². The Bertz CT molecular complexity index is 833. The highest BCUT2D eigenvalue weighted by Crippen LogP contribution is 2.52. The van der Waals surface area contributed by atoms with Crippen LogP contribution in [0.3, 0.4) is 0 Å². The van der Waals surface area contributed by atoms with Gasteiger partial charge < -0.3 is 9.64 Å². The largest absolute Gasteiger partial charge is 0.381 e. The van der Waals surface area contributed by atoms with Gasteiger partial charge in [0, 0.05) is 42.8 Å². The molecule has 1 saturated carbocycles. The highest BCUT2D eigenvalue weighted by molar-refractivity contribution is 9.10.